The van der Waals surface area contributed by atoms with Gasteiger partial charge in [-0.05, 0) is 61.7 Å². The zero-order chi connectivity index (χ0) is 12.7. The summed E-state index contributed by atoms with van der Waals surface area (Å²) in [6, 6.07) is 6.33. The molecule has 0 aliphatic heterocycles. The zero-order valence-electron chi connectivity index (χ0n) is 10.7. The van der Waals surface area contributed by atoms with Gasteiger partial charge in [-0.15, -0.1) is 0 Å². The summed E-state index contributed by atoms with van der Waals surface area (Å²) in [5.74, 6) is 1.17. The molecule has 0 atom stereocenters. The van der Waals surface area contributed by atoms with Crippen LogP contribution >= 0.6 is 24.0 Å². The molecule has 0 radical (unpaired) electrons. The van der Waals surface area contributed by atoms with Crippen molar-refractivity contribution in [3.8, 4) is 0 Å². The SMILES string of the molecule is CSCCCNC(=S)Nc1cc(C)ccc1C. The number of thiocarbonyl (C=S) groups is 1. The Labute approximate surface area is 114 Å². The maximum absolute atomic E-state index is 5.26. The highest BCUT2D eigenvalue weighted by Crippen LogP contribution is 2.15. The van der Waals surface area contributed by atoms with E-state index in [0.29, 0.717) is 5.11 Å². The number of anilines is 1. The van der Waals surface area contributed by atoms with Crippen molar-refractivity contribution < 1.29 is 0 Å². The molecule has 1 aromatic carbocycles. The first-order valence-electron chi connectivity index (χ1n) is 5.74. The summed E-state index contributed by atoms with van der Waals surface area (Å²) in [6.45, 7) is 5.09. The first kappa shape index (κ1) is 14.3. The van der Waals surface area contributed by atoms with E-state index in [1.165, 1.54) is 16.9 Å². The van der Waals surface area contributed by atoms with E-state index in [1.807, 2.05) is 11.8 Å². The van der Waals surface area contributed by atoms with Crippen molar-refractivity contribution in [3.63, 3.8) is 0 Å². The Morgan fingerprint density at radius 3 is 2.82 bits per heavy atom. The minimum atomic E-state index is 0.708. The molecule has 94 valence electrons. The molecular weight excluding hydrogens is 248 g/mol. The van der Waals surface area contributed by atoms with Crippen LogP contribution in [-0.4, -0.2) is 23.7 Å². The first-order valence-corrected chi connectivity index (χ1v) is 7.54. The van der Waals surface area contributed by atoms with Crippen LogP contribution in [0.3, 0.4) is 0 Å². The molecule has 0 saturated heterocycles. The molecule has 0 saturated carbocycles. The topological polar surface area (TPSA) is 24.1 Å². The average Bonchev–Trinajstić information content (AvgIpc) is 2.29. The molecule has 0 bridgehead atoms. The molecule has 0 heterocycles. The maximum Gasteiger partial charge on any atom is 0.170 e. The molecule has 0 amide bonds. The van der Waals surface area contributed by atoms with E-state index in [1.54, 1.807) is 0 Å². The first-order chi connectivity index (χ1) is 8.13. The molecule has 0 aliphatic carbocycles. The van der Waals surface area contributed by atoms with Crippen LogP contribution in [0, 0.1) is 13.8 Å². The number of aryl methyl sites for hydroxylation is 2. The Bertz CT molecular complexity index is 378. The molecule has 1 aromatic rings. The van der Waals surface area contributed by atoms with Crippen molar-refractivity contribution in [1.29, 1.82) is 0 Å². The third-order valence-electron chi connectivity index (χ3n) is 2.45. The summed E-state index contributed by atoms with van der Waals surface area (Å²) < 4.78 is 0. The second-order valence-electron chi connectivity index (χ2n) is 4.05. The fraction of sp³-hybridized carbons (Fsp3) is 0.462. The van der Waals surface area contributed by atoms with Crippen LogP contribution in [0.5, 0.6) is 0 Å². The quantitative estimate of drug-likeness (QED) is 0.632. The highest BCUT2D eigenvalue weighted by molar-refractivity contribution is 7.98. The molecule has 4 heteroatoms. The van der Waals surface area contributed by atoms with Crippen LogP contribution < -0.4 is 10.6 Å². The van der Waals surface area contributed by atoms with Crippen molar-refractivity contribution >= 4 is 34.8 Å². The van der Waals surface area contributed by atoms with E-state index < -0.39 is 0 Å². The Hall–Kier alpha value is -0.740. The number of benzene rings is 1. The van der Waals surface area contributed by atoms with Crippen LogP contribution in [0.15, 0.2) is 18.2 Å². The summed E-state index contributed by atoms with van der Waals surface area (Å²) in [5, 5.41) is 7.17. The van der Waals surface area contributed by atoms with Gasteiger partial charge in [0.25, 0.3) is 0 Å². The van der Waals surface area contributed by atoms with E-state index in [9.17, 15) is 0 Å². The van der Waals surface area contributed by atoms with Crippen molar-refractivity contribution in [1.82, 2.24) is 5.32 Å². The molecule has 0 aliphatic rings. The number of nitrogens with one attached hydrogen (secondary N) is 2. The van der Waals surface area contributed by atoms with Crippen LogP contribution in [-0.2, 0) is 0 Å². The Balaban J connectivity index is 2.42. The molecule has 1 rings (SSSR count). The van der Waals surface area contributed by atoms with E-state index in [4.69, 9.17) is 12.2 Å². The molecule has 0 aromatic heterocycles. The second kappa shape index (κ2) is 7.56. The monoisotopic (exact) mass is 268 g/mol. The van der Waals surface area contributed by atoms with Crippen molar-refractivity contribution in [3.05, 3.63) is 29.3 Å². The lowest BCUT2D eigenvalue weighted by molar-refractivity contribution is 0.855. The lowest BCUT2D eigenvalue weighted by atomic mass is 10.1. The molecule has 17 heavy (non-hydrogen) atoms. The minimum absolute atomic E-state index is 0.708. The largest absolute Gasteiger partial charge is 0.362 e. The molecule has 2 nitrogen and oxygen atoms in total. The summed E-state index contributed by atoms with van der Waals surface area (Å²) in [6.07, 6.45) is 3.25. The predicted molar refractivity (Wildman–Crippen MR) is 83.1 cm³/mol. The third kappa shape index (κ3) is 5.41. The molecular formula is C13H20N2S2. The lowest BCUT2D eigenvalue weighted by Crippen LogP contribution is -2.29. The summed E-state index contributed by atoms with van der Waals surface area (Å²) in [5.41, 5.74) is 3.54. The van der Waals surface area contributed by atoms with E-state index in [-0.39, 0.29) is 0 Å². The Kier molecular flexibility index (Phi) is 6.37. The van der Waals surface area contributed by atoms with Gasteiger partial charge >= 0.3 is 0 Å². The van der Waals surface area contributed by atoms with Gasteiger partial charge in [0.05, 0.1) is 0 Å². The highest BCUT2D eigenvalue weighted by atomic mass is 32.2. The van der Waals surface area contributed by atoms with Gasteiger partial charge in [0.15, 0.2) is 5.11 Å². The summed E-state index contributed by atoms with van der Waals surface area (Å²) in [7, 11) is 0. The van der Waals surface area contributed by atoms with Gasteiger partial charge < -0.3 is 10.6 Å². The van der Waals surface area contributed by atoms with Crippen LogP contribution in [0.25, 0.3) is 0 Å². The molecule has 2 N–H and O–H groups in total. The highest BCUT2D eigenvalue weighted by Gasteiger charge is 2.00. The fourth-order valence-corrected chi connectivity index (χ4v) is 2.10. The minimum Gasteiger partial charge on any atom is -0.362 e. The average molecular weight is 268 g/mol. The number of thioether (sulfide) groups is 1. The van der Waals surface area contributed by atoms with Crippen molar-refractivity contribution in [2.24, 2.45) is 0 Å². The molecule has 0 unspecified atom stereocenters. The maximum atomic E-state index is 5.26. The van der Waals surface area contributed by atoms with Gasteiger partial charge in [-0.2, -0.15) is 11.8 Å². The van der Waals surface area contributed by atoms with Crippen LogP contribution in [0.1, 0.15) is 17.5 Å². The molecule has 0 fully saturated rings. The van der Waals surface area contributed by atoms with Gasteiger partial charge in [-0.3, -0.25) is 0 Å². The predicted octanol–water partition coefficient (Wildman–Crippen LogP) is 3.34. The zero-order valence-corrected chi connectivity index (χ0v) is 12.3. The van der Waals surface area contributed by atoms with E-state index in [0.717, 1.165) is 18.7 Å². The van der Waals surface area contributed by atoms with Gasteiger partial charge in [-0.1, -0.05) is 12.1 Å². The number of hydrogen-bond acceptors (Lipinski definition) is 2. The van der Waals surface area contributed by atoms with Crippen molar-refractivity contribution in [2.75, 3.05) is 23.9 Å². The summed E-state index contributed by atoms with van der Waals surface area (Å²) in [4.78, 5) is 0. The van der Waals surface area contributed by atoms with Crippen LogP contribution in [0.2, 0.25) is 0 Å². The third-order valence-corrected chi connectivity index (χ3v) is 3.40. The van der Waals surface area contributed by atoms with Gasteiger partial charge in [-0.25, -0.2) is 0 Å². The van der Waals surface area contributed by atoms with E-state index in [2.05, 4.69) is 48.9 Å². The Morgan fingerprint density at radius 1 is 1.35 bits per heavy atom. The number of rotatable bonds is 5. The summed E-state index contributed by atoms with van der Waals surface area (Å²) >= 11 is 7.12. The smallest absolute Gasteiger partial charge is 0.170 e. The van der Waals surface area contributed by atoms with Gasteiger partial charge in [0, 0.05) is 12.2 Å². The van der Waals surface area contributed by atoms with Gasteiger partial charge in [0.2, 0.25) is 0 Å². The Morgan fingerprint density at radius 2 is 2.12 bits per heavy atom. The standard InChI is InChI=1S/C13H20N2S2/c1-10-5-6-11(2)12(9-10)15-13(16)14-7-4-8-17-3/h5-6,9H,4,7-8H2,1-3H3,(H2,14,15,16). The fourth-order valence-electron chi connectivity index (χ4n) is 1.46. The molecule has 0 spiro atoms. The lowest BCUT2D eigenvalue weighted by Gasteiger charge is -2.12. The van der Waals surface area contributed by atoms with E-state index >= 15 is 0 Å². The van der Waals surface area contributed by atoms with Gasteiger partial charge in [0.1, 0.15) is 0 Å². The van der Waals surface area contributed by atoms with Crippen molar-refractivity contribution in [2.45, 2.75) is 20.3 Å². The number of hydrogen-bond donors (Lipinski definition) is 2. The second-order valence-corrected chi connectivity index (χ2v) is 5.44. The normalized spacial score (nSPS) is 10.1. The van der Waals surface area contributed by atoms with Crippen LogP contribution in [0.4, 0.5) is 5.69 Å².